The molecule has 0 saturated carbocycles. The summed E-state index contributed by atoms with van der Waals surface area (Å²) in [5.41, 5.74) is 7.49. The maximum Gasteiger partial charge on any atom is 0.271 e. The standard InChI is InChI=1S/C14H14N6O2/c1-22-11-3-2-9(12-13(14(15)21)18-19-17-12)6-10(11)7-20-5-4-16-8-20/h2-6,8H,7H2,1H3,(H2,15,21)(H,17,18,19). The van der Waals surface area contributed by atoms with Crippen LogP contribution in [0.4, 0.5) is 0 Å². The number of ether oxygens (including phenoxy) is 1. The highest BCUT2D eigenvalue weighted by atomic mass is 16.5. The van der Waals surface area contributed by atoms with Gasteiger partial charge in [0.05, 0.1) is 20.0 Å². The predicted molar refractivity (Wildman–Crippen MR) is 78.2 cm³/mol. The summed E-state index contributed by atoms with van der Waals surface area (Å²) < 4.78 is 7.29. The Hall–Kier alpha value is -3.16. The fourth-order valence-electron chi connectivity index (χ4n) is 2.23. The summed E-state index contributed by atoms with van der Waals surface area (Å²) in [6.45, 7) is 0.584. The van der Waals surface area contributed by atoms with Gasteiger partial charge in [-0.15, -0.1) is 0 Å². The number of carbonyl (C=O) groups is 1. The molecule has 3 N–H and O–H groups in total. The van der Waals surface area contributed by atoms with E-state index in [1.165, 1.54) is 0 Å². The van der Waals surface area contributed by atoms with Gasteiger partial charge in [0.25, 0.3) is 5.91 Å². The SMILES string of the molecule is COc1ccc(-c2n[nH]nc2C(N)=O)cc1Cn1ccnc1. The van der Waals surface area contributed by atoms with Gasteiger partial charge >= 0.3 is 0 Å². The van der Waals surface area contributed by atoms with Gasteiger partial charge < -0.3 is 15.0 Å². The first-order valence-corrected chi connectivity index (χ1v) is 6.52. The van der Waals surface area contributed by atoms with Crippen LogP contribution < -0.4 is 10.5 Å². The molecule has 0 fully saturated rings. The zero-order valence-electron chi connectivity index (χ0n) is 11.9. The van der Waals surface area contributed by atoms with E-state index in [9.17, 15) is 4.79 Å². The molecule has 112 valence electrons. The lowest BCUT2D eigenvalue weighted by molar-refractivity contribution is 0.0996. The Morgan fingerprint density at radius 3 is 2.95 bits per heavy atom. The van der Waals surface area contributed by atoms with Crippen LogP contribution in [-0.2, 0) is 6.54 Å². The van der Waals surface area contributed by atoms with E-state index in [1.54, 1.807) is 25.7 Å². The number of nitrogens with two attached hydrogens (primary N) is 1. The van der Waals surface area contributed by atoms with Crippen molar-refractivity contribution in [3.8, 4) is 17.0 Å². The fraction of sp³-hybridized carbons (Fsp3) is 0.143. The molecule has 0 spiro atoms. The Balaban J connectivity index is 2.03. The maximum atomic E-state index is 11.4. The summed E-state index contributed by atoms with van der Waals surface area (Å²) in [7, 11) is 1.61. The number of aromatic nitrogens is 5. The van der Waals surface area contributed by atoms with Crippen LogP contribution in [0.1, 0.15) is 16.1 Å². The molecule has 0 saturated heterocycles. The first kappa shape index (κ1) is 13.8. The third-order valence-electron chi connectivity index (χ3n) is 3.25. The van der Waals surface area contributed by atoms with Crippen molar-refractivity contribution in [1.29, 1.82) is 0 Å². The van der Waals surface area contributed by atoms with Crippen LogP contribution in [0.15, 0.2) is 36.9 Å². The molecule has 0 atom stereocenters. The quantitative estimate of drug-likeness (QED) is 0.724. The van der Waals surface area contributed by atoms with E-state index in [0.29, 0.717) is 12.2 Å². The molecule has 1 amide bonds. The zero-order valence-corrected chi connectivity index (χ0v) is 11.9. The van der Waals surface area contributed by atoms with E-state index in [4.69, 9.17) is 10.5 Å². The summed E-state index contributed by atoms with van der Waals surface area (Å²) in [5, 5.41) is 10.2. The van der Waals surface area contributed by atoms with Gasteiger partial charge in [-0.1, -0.05) is 0 Å². The van der Waals surface area contributed by atoms with Crippen molar-refractivity contribution >= 4 is 5.91 Å². The number of nitrogens with zero attached hydrogens (tertiary/aromatic N) is 4. The highest BCUT2D eigenvalue weighted by molar-refractivity contribution is 5.96. The van der Waals surface area contributed by atoms with E-state index in [2.05, 4.69) is 20.4 Å². The monoisotopic (exact) mass is 298 g/mol. The minimum Gasteiger partial charge on any atom is -0.496 e. The molecule has 0 aliphatic heterocycles. The fourth-order valence-corrected chi connectivity index (χ4v) is 2.23. The van der Waals surface area contributed by atoms with E-state index >= 15 is 0 Å². The molecule has 2 aromatic heterocycles. The second-order valence-electron chi connectivity index (χ2n) is 4.65. The van der Waals surface area contributed by atoms with E-state index < -0.39 is 5.91 Å². The van der Waals surface area contributed by atoms with Crippen molar-refractivity contribution in [2.75, 3.05) is 7.11 Å². The third-order valence-corrected chi connectivity index (χ3v) is 3.25. The van der Waals surface area contributed by atoms with E-state index in [-0.39, 0.29) is 5.69 Å². The van der Waals surface area contributed by atoms with Crippen LogP contribution in [0, 0.1) is 0 Å². The lowest BCUT2D eigenvalue weighted by Crippen LogP contribution is -2.12. The van der Waals surface area contributed by atoms with Crippen molar-refractivity contribution in [1.82, 2.24) is 25.0 Å². The van der Waals surface area contributed by atoms with Crippen molar-refractivity contribution in [3.05, 3.63) is 48.2 Å². The Morgan fingerprint density at radius 1 is 1.41 bits per heavy atom. The number of H-pyrrole nitrogens is 1. The molecule has 0 unspecified atom stereocenters. The number of imidazole rings is 1. The van der Waals surface area contributed by atoms with Crippen LogP contribution in [0.5, 0.6) is 5.75 Å². The molecule has 3 aromatic rings. The van der Waals surface area contributed by atoms with Gasteiger partial charge in [-0.05, 0) is 18.2 Å². The number of aromatic amines is 1. The van der Waals surface area contributed by atoms with Crippen molar-refractivity contribution in [3.63, 3.8) is 0 Å². The molecule has 22 heavy (non-hydrogen) atoms. The van der Waals surface area contributed by atoms with Crippen LogP contribution in [0.3, 0.4) is 0 Å². The highest BCUT2D eigenvalue weighted by Gasteiger charge is 2.16. The average Bonchev–Trinajstić information content (AvgIpc) is 3.18. The molecule has 3 rings (SSSR count). The molecule has 0 aliphatic carbocycles. The van der Waals surface area contributed by atoms with Crippen LogP contribution in [-0.4, -0.2) is 38.0 Å². The zero-order chi connectivity index (χ0) is 15.5. The summed E-state index contributed by atoms with van der Waals surface area (Å²) in [6, 6.07) is 5.52. The number of hydrogen-bond acceptors (Lipinski definition) is 5. The van der Waals surface area contributed by atoms with Gasteiger partial charge in [0.15, 0.2) is 5.69 Å². The number of methoxy groups -OCH3 is 1. The number of primary amides is 1. The lowest BCUT2D eigenvalue weighted by atomic mass is 10.1. The summed E-state index contributed by atoms with van der Waals surface area (Å²) in [6.07, 6.45) is 5.28. The second-order valence-corrected chi connectivity index (χ2v) is 4.65. The van der Waals surface area contributed by atoms with Gasteiger partial charge in [-0.3, -0.25) is 4.79 Å². The maximum absolute atomic E-state index is 11.4. The second kappa shape index (κ2) is 5.68. The van der Waals surface area contributed by atoms with Gasteiger partial charge in [0, 0.05) is 23.5 Å². The lowest BCUT2D eigenvalue weighted by Gasteiger charge is -2.11. The van der Waals surface area contributed by atoms with Crippen molar-refractivity contribution in [2.45, 2.75) is 6.54 Å². The van der Waals surface area contributed by atoms with Crippen LogP contribution in [0.25, 0.3) is 11.3 Å². The topological polar surface area (TPSA) is 112 Å². The molecular formula is C14H14N6O2. The number of hydrogen-bond donors (Lipinski definition) is 2. The van der Waals surface area contributed by atoms with E-state index in [0.717, 1.165) is 16.9 Å². The van der Waals surface area contributed by atoms with Gasteiger partial charge in [0.2, 0.25) is 0 Å². The predicted octanol–water partition coefficient (Wildman–Crippen LogP) is 0.824. The Bertz CT molecular complexity index is 794. The Kier molecular flexibility index (Phi) is 3.57. The number of nitrogens with one attached hydrogen (secondary N) is 1. The van der Waals surface area contributed by atoms with E-state index in [1.807, 2.05) is 22.9 Å². The highest BCUT2D eigenvalue weighted by Crippen LogP contribution is 2.27. The molecule has 1 aromatic carbocycles. The van der Waals surface area contributed by atoms with Gasteiger partial charge in [-0.2, -0.15) is 15.4 Å². The Morgan fingerprint density at radius 2 is 2.27 bits per heavy atom. The first-order valence-electron chi connectivity index (χ1n) is 6.52. The van der Waals surface area contributed by atoms with Crippen molar-refractivity contribution in [2.24, 2.45) is 5.73 Å². The largest absolute Gasteiger partial charge is 0.496 e. The summed E-state index contributed by atoms with van der Waals surface area (Å²) >= 11 is 0. The number of benzene rings is 1. The molecule has 0 aliphatic rings. The van der Waals surface area contributed by atoms with Crippen LogP contribution in [0.2, 0.25) is 0 Å². The van der Waals surface area contributed by atoms with Gasteiger partial charge in [-0.25, -0.2) is 4.98 Å². The van der Waals surface area contributed by atoms with Crippen LogP contribution >= 0.6 is 0 Å². The molecule has 0 radical (unpaired) electrons. The summed E-state index contributed by atoms with van der Waals surface area (Å²) in [5.74, 6) is 0.109. The number of carbonyl (C=O) groups excluding carboxylic acids is 1. The summed E-state index contributed by atoms with van der Waals surface area (Å²) in [4.78, 5) is 15.4. The number of rotatable bonds is 5. The molecule has 8 heteroatoms. The molecular weight excluding hydrogens is 284 g/mol. The minimum atomic E-state index is -0.629. The molecule has 8 nitrogen and oxygen atoms in total. The minimum absolute atomic E-state index is 0.110. The Labute approximate surface area is 125 Å². The van der Waals surface area contributed by atoms with Crippen molar-refractivity contribution < 1.29 is 9.53 Å². The number of amides is 1. The normalized spacial score (nSPS) is 10.6. The first-order chi connectivity index (χ1) is 10.7. The third kappa shape index (κ3) is 2.53. The molecule has 0 bridgehead atoms. The van der Waals surface area contributed by atoms with Gasteiger partial charge in [0.1, 0.15) is 11.4 Å². The average molecular weight is 298 g/mol. The molecule has 2 heterocycles. The smallest absolute Gasteiger partial charge is 0.271 e.